The van der Waals surface area contributed by atoms with Gasteiger partial charge in [-0.1, -0.05) is 0 Å². The summed E-state index contributed by atoms with van der Waals surface area (Å²) in [6.07, 6.45) is -0.475. The first-order valence-electron chi connectivity index (χ1n) is 5.63. The summed E-state index contributed by atoms with van der Waals surface area (Å²) in [7, 11) is 5.04. The predicted octanol–water partition coefficient (Wildman–Crippen LogP) is 1.65. The van der Waals surface area contributed by atoms with Gasteiger partial charge in [-0.05, 0) is 44.2 Å². The van der Waals surface area contributed by atoms with E-state index in [9.17, 15) is 5.11 Å². The van der Waals surface area contributed by atoms with Gasteiger partial charge in [-0.25, -0.2) is 0 Å². The highest BCUT2D eigenvalue weighted by Crippen LogP contribution is 2.33. The number of aryl methyl sites for hydroxylation is 1. The van der Waals surface area contributed by atoms with E-state index in [2.05, 4.69) is 5.32 Å². The van der Waals surface area contributed by atoms with Crippen molar-refractivity contribution in [1.82, 2.24) is 5.32 Å². The molecule has 0 bridgehead atoms. The maximum atomic E-state index is 9.75. The summed E-state index contributed by atoms with van der Waals surface area (Å²) in [5, 5.41) is 12.8. The second-order valence-electron chi connectivity index (χ2n) is 4.07. The molecule has 0 aromatic heterocycles. The summed E-state index contributed by atoms with van der Waals surface area (Å²) in [6.45, 7) is 3.75. The molecule has 0 aliphatic carbocycles. The van der Waals surface area contributed by atoms with Gasteiger partial charge < -0.3 is 19.9 Å². The quantitative estimate of drug-likeness (QED) is 0.820. The molecular weight excluding hydrogens is 218 g/mol. The highest BCUT2D eigenvalue weighted by atomic mass is 16.5. The van der Waals surface area contributed by atoms with E-state index in [4.69, 9.17) is 9.47 Å². The average molecular weight is 239 g/mol. The van der Waals surface area contributed by atoms with Crippen LogP contribution in [0.15, 0.2) is 12.1 Å². The lowest BCUT2D eigenvalue weighted by molar-refractivity contribution is 0.149. The van der Waals surface area contributed by atoms with Crippen LogP contribution in [0, 0.1) is 6.92 Å². The predicted molar refractivity (Wildman–Crippen MR) is 67.8 cm³/mol. The van der Waals surface area contributed by atoms with E-state index in [1.807, 2.05) is 26.1 Å². The van der Waals surface area contributed by atoms with E-state index in [0.29, 0.717) is 11.5 Å². The van der Waals surface area contributed by atoms with Gasteiger partial charge >= 0.3 is 0 Å². The van der Waals surface area contributed by atoms with Crippen LogP contribution >= 0.6 is 0 Å². The lowest BCUT2D eigenvalue weighted by Gasteiger charge is -2.23. The van der Waals surface area contributed by atoms with Crippen molar-refractivity contribution in [3.05, 3.63) is 23.3 Å². The van der Waals surface area contributed by atoms with E-state index in [1.54, 1.807) is 21.1 Å². The lowest BCUT2D eigenvalue weighted by Crippen LogP contribution is -2.27. The van der Waals surface area contributed by atoms with Crippen LogP contribution in [0.4, 0.5) is 0 Å². The molecule has 0 aliphatic heterocycles. The Morgan fingerprint density at radius 3 is 2.12 bits per heavy atom. The molecule has 0 aliphatic rings. The maximum absolute atomic E-state index is 9.75. The van der Waals surface area contributed by atoms with Crippen molar-refractivity contribution in [2.45, 2.75) is 26.0 Å². The van der Waals surface area contributed by atoms with Crippen molar-refractivity contribution >= 4 is 0 Å². The summed E-state index contributed by atoms with van der Waals surface area (Å²) in [5.74, 6) is 1.38. The lowest BCUT2D eigenvalue weighted by atomic mass is 9.97. The topological polar surface area (TPSA) is 50.7 Å². The molecule has 2 atom stereocenters. The molecule has 0 saturated carbocycles. The largest absolute Gasteiger partial charge is 0.493 e. The molecule has 0 spiro atoms. The molecule has 0 radical (unpaired) electrons. The van der Waals surface area contributed by atoms with Gasteiger partial charge in [0.05, 0.1) is 26.4 Å². The van der Waals surface area contributed by atoms with Crippen LogP contribution in [0.1, 0.15) is 24.1 Å². The Bertz CT molecular complexity index is 377. The van der Waals surface area contributed by atoms with Crippen molar-refractivity contribution in [2.24, 2.45) is 0 Å². The maximum Gasteiger partial charge on any atom is 0.161 e. The summed E-state index contributed by atoms with van der Waals surface area (Å²) in [6, 6.07) is 3.71. The summed E-state index contributed by atoms with van der Waals surface area (Å²) >= 11 is 0. The van der Waals surface area contributed by atoms with Gasteiger partial charge in [-0.3, -0.25) is 0 Å². The Balaban J connectivity index is 3.24. The van der Waals surface area contributed by atoms with Crippen LogP contribution in [0.5, 0.6) is 11.5 Å². The van der Waals surface area contributed by atoms with Crippen LogP contribution in [0.3, 0.4) is 0 Å². The number of likely N-dealkylation sites (N-methyl/N-ethyl adjacent to an activating group) is 1. The number of hydrogen-bond acceptors (Lipinski definition) is 4. The zero-order valence-electron chi connectivity index (χ0n) is 11.1. The number of ether oxygens (including phenoxy) is 2. The van der Waals surface area contributed by atoms with Gasteiger partial charge in [-0.15, -0.1) is 0 Å². The minimum absolute atomic E-state index is 0.116. The number of aliphatic hydroxyl groups is 1. The Labute approximate surface area is 103 Å². The average Bonchev–Trinajstić information content (AvgIpc) is 2.31. The number of rotatable bonds is 5. The third kappa shape index (κ3) is 2.90. The third-order valence-corrected chi connectivity index (χ3v) is 2.90. The Morgan fingerprint density at radius 2 is 1.71 bits per heavy atom. The summed E-state index contributed by atoms with van der Waals surface area (Å²) in [5.41, 5.74) is 2.07. The minimum Gasteiger partial charge on any atom is -0.493 e. The van der Waals surface area contributed by atoms with E-state index in [1.165, 1.54) is 0 Å². The first-order valence-corrected chi connectivity index (χ1v) is 5.63. The molecule has 0 heterocycles. The minimum atomic E-state index is -0.475. The number of methoxy groups -OCH3 is 2. The van der Waals surface area contributed by atoms with Crippen LogP contribution in [0.25, 0.3) is 0 Å². The van der Waals surface area contributed by atoms with Gasteiger partial charge in [0.2, 0.25) is 0 Å². The smallest absolute Gasteiger partial charge is 0.161 e. The summed E-state index contributed by atoms with van der Waals surface area (Å²) < 4.78 is 10.5. The van der Waals surface area contributed by atoms with Gasteiger partial charge in [0, 0.05) is 0 Å². The standard InChI is InChI=1S/C13H21NO3/c1-8-6-11(16-4)12(17-5)7-10(8)13(14-3)9(2)15/h6-7,9,13-15H,1-5H3. The van der Waals surface area contributed by atoms with Crippen molar-refractivity contribution in [3.63, 3.8) is 0 Å². The van der Waals surface area contributed by atoms with E-state index < -0.39 is 6.10 Å². The number of nitrogens with one attached hydrogen (secondary N) is 1. The third-order valence-electron chi connectivity index (χ3n) is 2.90. The molecule has 4 heteroatoms. The first-order chi connectivity index (χ1) is 8.04. The fraction of sp³-hybridized carbons (Fsp3) is 0.538. The molecular formula is C13H21NO3. The van der Waals surface area contributed by atoms with Crippen molar-refractivity contribution in [3.8, 4) is 11.5 Å². The van der Waals surface area contributed by atoms with Crippen LogP contribution in [-0.2, 0) is 0 Å². The molecule has 0 fully saturated rings. The molecule has 1 aromatic carbocycles. The number of hydrogen-bond donors (Lipinski definition) is 2. The first kappa shape index (κ1) is 13.8. The highest BCUT2D eigenvalue weighted by molar-refractivity contribution is 5.48. The van der Waals surface area contributed by atoms with Crippen LogP contribution < -0.4 is 14.8 Å². The fourth-order valence-corrected chi connectivity index (χ4v) is 1.99. The van der Waals surface area contributed by atoms with Crippen molar-refractivity contribution in [1.29, 1.82) is 0 Å². The van der Waals surface area contributed by atoms with E-state index >= 15 is 0 Å². The second-order valence-corrected chi connectivity index (χ2v) is 4.07. The van der Waals surface area contributed by atoms with Crippen LogP contribution in [-0.4, -0.2) is 32.5 Å². The van der Waals surface area contributed by atoms with Gasteiger partial charge in [0.15, 0.2) is 11.5 Å². The fourth-order valence-electron chi connectivity index (χ4n) is 1.99. The zero-order chi connectivity index (χ0) is 13.0. The second kappa shape index (κ2) is 5.89. The number of aliphatic hydroxyl groups excluding tert-OH is 1. The van der Waals surface area contributed by atoms with E-state index in [-0.39, 0.29) is 6.04 Å². The molecule has 2 unspecified atom stereocenters. The summed E-state index contributed by atoms with van der Waals surface area (Å²) in [4.78, 5) is 0. The molecule has 17 heavy (non-hydrogen) atoms. The molecule has 96 valence electrons. The SMILES string of the molecule is CNC(c1cc(OC)c(OC)cc1C)C(C)O. The molecule has 1 aromatic rings. The Hall–Kier alpha value is -1.26. The Kier molecular flexibility index (Phi) is 4.78. The zero-order valence-corrected chi connectivity index (χ0v) is 11.1. The normalized spacial score (nSPS) is 14.2. The highest BCUT2D eigenvalue weighted by Gasteiger charge is 2.19. The number of benzene rings is 1. The van der Waals surface area contributed by atoms with Gasteiger partial charge in [0.1, 0.15) is 0 Å². The van der Waals surface area contributed by atoms with E-state index in [0.717, 1.165) is 11.1 Å². The van der Waals surface area contributed by atoms with Gasteiger partial charge in [-0.2, -0.15) is 0 Å². The van der Waals surface area contributed by atoms with Gasteiger partial charge in [0.25, 0.3) is 0 Å². The monoisotopic (exact) mass is 239 g/mol. The van der Waals surface area contributed by atoms with Crippen molar-refractivity contribution in [2.75, 3.05) is 21.3 Å². The van der Waals surface area contributed by atoms with Crippen LogP contribution in [0.2, 0.25) is 0 Å². The molecule has 2 N–H and O–H groups in total. The molecule has 1 rings (SSSR count). The molecule has 4 nitrogen and oxygen atoms in total. The van der Waals surface area contributed by atoms with Crippen molar-refractivity contribution < 1.29 is 14.6 Å². The Morgan fingerprint density at radius 1 is 1.18 bits per heavy atom. The molecule has 0 amide bonds. The molecule has 0 saturated heterocycles.